The third-order valence-electron chi connectivity index (χ3n) is 4.05. The predicted molar refractivity (Wildman–Crippen MR) is 53.6 cm³/mol. The zero-order valence-electron chi connectivity index (χ0n) is 8.72. The number of aromatic nitrogens is 2. The van der Waals surface area contributed by atoms with Crippen LogP contribution in [0.4, 0.5) is 0 Å². The van der Waals surface area contributed by atoms with E-state index in [1.54, 1.807) is 0 Å². The molecule has 0 N–H and O–H groups in total. The van der Waals surface area contributed by atoms with Crippen LogP contribution in [0, 0.1) is 5.92 Å². The van der Waals surface area contributed by atoms with Crippen LogP contribution in [0.2, 0.25) is 0 Å². The van der Waals surface area contributed by atoms with Crippen molar-refractivity contribution >= 4 is 0 Å². The van der Waals surface area contributed by atoms with Crippen LogP contribution in [0.3, 0.4) is 0 Å². The molecule has 2 bridgehead atoms. The highest BCUT2D eigenvalue weighted by molar-refractivity contribution is 5.09. The van der Waals surface area contributed by atoms with Gasteiger partial charge in [-0.2, -0.15) is 4.98 Å². The molecule has 1 saturated carbocycles. The first-order valence-corrected chi connectivity index (χ1v) is 5.96. The molecular formula is C11H15N3O. The maximum absolute atomic E-state index is 5.41. The Morgan fingerprint density at radius 2 is 2.13 bits per heavy atom. The molecular weight excluding hydrogens is 190 g/mol. The van der Waals surface area contributed by atoms with E-state index in [1.807, 2.05) is 0 Å². The highest BCUT2D eigenvalue weighted by atomic mass is 16.5. The van der Waals surface area contributed by atoms with Crippen LogP contribution < -0.4 is 0 Å². The van der Waals surface area contributed by atoms with E-state index in [-0.39, 0.29) is 0 Å². The second kappa shape index (κ2) is 2.82. The average Bonchev–Trinajstić information content (AvgIpc) is 2.74. The molecule has 3 atom stereocenters. The third-order valence-corrected chi connectivity index (χ3v) is 4.05. The molecule has 15 heavy (non-hydrogen) atoms. The van der Waals surface area contributed by atoms with Gasteiger partial charge in [-0.25, -0.2) is 0 Å². The van der Waals surface area contributed by atoms with Crippen molar-refractivity contribution in [1.82, 2.24) is 15.0 Å². The molecule has 0 spiro atoms. The molecule has 1 aromatic rings. The summed E-state index contributed by atoms with van der Waals surface area (Å²) in [6.07, 6.45) is 3.81. The van der Waals surface area contributed by atoms with Crippen LogP contribution in [0.15, 0.2) is 4.52 Å². The summed E-state index contributed by atoms with van der Waals surface area (Å²) in [6.45, 7) is 3.65. The van der Waals surface area contributed by atoms with Crippen molar-refractivity contribution in [3.8, 4) is 0 Å². The predicted octanol–water partition coefficient (Wildman–Crippen LogP) is 1.37. The van der Waals surface area contributed by atoms with Gasteiger partial charge in [0, 0.05) is 19.0 Å². The summed E-state index contributed by atoms with van der Waals surface area (Å²) in [5.41, 5.74) is 0. The molecule has 0 radical (unpaired) electrons. The average molecular weight is 205 g/mol. The van der Waals surface area contributed by atoms with Crippen LogP contribution in [0.25, 0.3) is 0 Å². The molecule has 3 fully saturated rings. The van der Waals surface area contributed by atoms with Crippen LogP contribution in [-0.4, -0.2) is 34.7 Å². The highest BCUT2D eigenvalue weighted by Crippen LogP contribution is 2.42. The van der Waals surface area contributed by atoms with Gasteiger partial charge < -0.3 is 9.42 Å². The zero-order valence-corrected chi connectivity index (χ0v) is 8.72. The van der Waals surface area contributed by atoms with Crippen LogP contribution in [0.5, 0.6) is 0 Å². The summed E-state index contributed by atoms with van der Waals surface area (Å²) >= 11 is 0. The minimum Gasteiger partial charge on any atom is -0.339 e. The monoisotopic (exact) mass is 205 g/mol. The second-order valence-electron chi connectivity index (χ2n) is 5.18. The normalized spacial score (nSPS) is 38.8. The summed E-state index contributed by atoms with van der Waals surface area (Å²) in [5.74, 6) is 3.78. The Hall–Kier alpha value is -0.900. The number of nitrogens with zero attached hydrogens (tertiary/aromatic N) is 3. The number of hydrogen-bond donors (Lipinski definition) is 0. The van der Waals surface area contributed by atoms with Gasteiger partial charge in [-0.15, -0.1) is 0 Å². The Morgan fingerprint density at radius 1 is 1.20 bits per heavy atom. The van der Waals surface area contributed by atoms with Crippen molar-refractivity contribution in [1.29, 1.82) is 0 Å². The molecule has 2 aliphatic heterocycles. The van der Waals surface area contributed by atoms with Crippen molar-refractivity contribution in [2.75, 3.05) is 19.6 Å². The quantitative estimate of drug-likeness (QED) is 0.731. The number of rotatable bonds is 2. The summed E-state index contributed by atoms with van der Waals surface area (Å²) in [6, 6.07) is 0. The lowest BCUT2D eigenvalue weighted by molar-refractivity contribution is 0.288. The molecule has 3 aliphatic rings. The molecule has 4 nitrogen and oxygen atoms in total. The maximum atomic E-state index is 5.41. The van der Waals surface area contributed by atoms with E-state index in [4.69, 9.17) is 4.52 Å². The van der Waals surface area contributed by atoms with E-state index < -0.39 is 0 Å². The van der Waals surface area contributed by atoms with Crippen LogP contribution in [0.1, 0.15) is 42.8 Å². The Morgan fingerprint density at radius 3 is 2.80 bits per heavy atom. The Kier molecular flexibility index (Phi) is 1.55. The first-order chi connectivity index (χ1) is 7.40. The molecule has 2 unspecified atom stereocenters. The minimum absolute atomic E-state index is 0.527. The second-order valence-corrected chi connectivity index (χ2v) is 5.18. The van der Waals surface area contributed by atoms with Gasteiger partial charge >= 0.3 is 0 Å². The Bertz CT molecular complexity index is 385. The lowest BCUT2D eigenvalue weighted by atomic mass is 9.93. The van der Waals surface area contributed by atoms with E-state index in [0.29, 0.717) is 11.8 Å². The number of piperidine rings is 1. The van der Waals surface area contributed by atoms with Crippen molar-refractivity contribution in [3.63, 3.8) is 0 Å². The number of hydrogen-bond acceptors (Lipinski definition) is 4. The lowest BCUT2D eigenvalue weighted by Crippen LogP contribution is -2.22. The standard InChI is InChI=1S/C11H15N3O/c1-2-7(1)10-12-11(15-13-10)9-6-14-4-3-8(9)5-14/h7-9H,1-6H2/t8?,9-/m1/s1. The molecule has 0 aromatic carbocycles. The van der Waals surface area contributed by atoms with Crippen LogP contribution in [-0.2, 0) is 0 Å². The van der Waals surface area contributed by atoms with Crippen molar-refractivity contribution in [2.45, 2.75) is 31.1 Å². The Labute approximate surface area is 88.6 Å². The molecule has 0 amide bonds. The first-order valence-electron chi connectivity index (χ1n) is 5.96. The van der Waals surface area contributed by atoms with Gasteiger partial charge in [0.05, 0.1) is 5.92 Å². The summed E-state index contributed by atoms with van der Waals surface area (Å²) in [7, 11) is 0. The minimum atomic E-state index is 0.527. The van der Waals surface area contributed by atoms with Gasteiger partial charge in [0.2, 0.25) is 5.89 Å². The topological polar surface area (TPSA) is 42.2 Å². The van der Waals surface area contributed by atoms with Crippen molar-refractivity contribution in [3.05, 3.63) is 11.7 Å². The van der Waals surface area contributed by atoms with Gasteiger partial charge in [0.15, 0.2) is 5.82 Å². The molecule has 1 aliphatic carbocycles. The van der Waals surface area contributed by atoms with Gasteiger partial charge in [0.25, 0.3) is 0 Å². The van der Waals surface area contributed by atoms with E-state index in [2.05, 4.69) is 15.0 Å². The summed E-state index contributed by atoms with van der Waals surface area (Å²) < 4.78 is 5.41. The third kappa shape index (κ3) is 1.24. The molecule has 1 aromatic heterocycles. The first kappa shape index (κ1) is 8.28. The fourth-order valence-electron chi connectivity index (χ4n) is 2.97. The molecule has 2 saturated heterocycles. The molecule has 4 rings (SSSR count). The summed E-state index contributed by atoms with van der Waals surface area (Å²) in [5, 5.41) is 4.10. The van der Waals surface area contributed by atoms with Gasteiger partial charge in [-0.3, -0.25) is 0 Å². The van der Waals surface area contributed by atoms with Crippen LogP contribution >= 0.6 is 0 Å². The largest absolute Gasteiger partial charge is 0.339 e. The van der Waals surface area contributed by atoms with E-state index in [0.717, 1.165) is 24.2 Å². The zero-order chi connectivity index (χ0) is 9.83. The molecule has 4 heteroatoms. The maximum Gasteiger partial charge on any atom is 0.231 e. The fraction of sp³-hybridized carbons (Fsp3) is 0.818. The van der Waals surface area contributed by atoms with E-state index in [9.17, 15) is 0 Å². The van der Waals surface area contributed by atoms with Crippen molar-refractivity contribution < 1.29 is 4.52 Å². The smallest absolute Gasteiger partial charge is 0.231 e. The highest BCUT2D eigenvalue weighted by Gasteiger charge is 2.42. The Balaban J connectivity index is 1.60. The van der Waals surface area contributed by atoms with Gasteiger partial charge in [0.1, 0.15) is 0 Å². The molecule has 3 heterocycles. The SMILES string of the molecule is C1CC1c1noc([C@@H]2CN3CCC2C3)n1. The van der Waals surface area contributed by atoms with Gasteiger partial charge in [-0.05, 0) is 31.7 Å². The van der Waals surface area contributed by atoms with Gasteiger partial charge in [-0.1, -0.05) is 5.16 Å². The summed E-state index contributed by atoms with van der Waals surface area (Å²) in [4.78, 5) is 7.08. The number of fused-ring (bicyclic) bond motifs is 2. The molecule has 80 valence electrons. The van der Waals surface area contributed by atoms with Crippen molar-refractivity contribution in [2.24, 2.45) is 5.92 Å². The lowest BCUT2D eigenvalue weighted by Gasteiger charge is -2.17. The fourth-order valence-corrected chi connectivity index (χ4v) is 2.97. The van der Waals surface area contributed by atoms with E-state index in [1.165, 1.54) is 32.4 Å². The van der Waals surface area contributed by atoms with E-state index >= 15 is 0 Å².